The third-order valence-electron chi connectivity index (χ3n) is 7.32. The standard InChI is InChI=1S/C30H26F2N4O3/c31-30(32)11-9-22(16-30)36-26-8-7-20(19-6-5-18-10-12-34-29(33)23(18)13-19)14-24(26)25(35-36)17-39-27-4-2-1-3-21(27)15-28(37)38/h1-8,10,12-14,22H,9,11,15-17H2,(H2,33,34)(H,37,38). The third-order valence-corrected chi connectivity index (χ3v) is 7.32. The second-order valence-electron chi connectivity index (χ2n) is 9.97. The highest BCUT2D eigenvalue weighted by atomic mass is 19.3. The summed E-state index contributed by atoms with van der Waals surface area (Å²) in [7, 11) is 0. The fraction of sp³-hybridized carbons (Fsp3) is 0.233. The van der Waals surface area contributed by atoms with Crippen LogP contribution >= 0.6 is 0 Å². The molecule has 0 saturated heterocycles. The second-order valence-corrected chi connectivity index (χ2v) is 9.97. The number of hydrogen-bond acceptors (Lipinski definition) is 5. The van der Waals surface area contributed by atoms with Crippen LogP contribution in [0.25, 0.3) is 32.8 Å². The molecule has 198 valence electrons. The molecule has 2 heterocycles. The minimum Gasteiger partial charge on any atom is -0.487 e. The van der Waals surface area contributed by atoms with Crippen LogP contribution < -0.4 is 10.5 Å². The van der Waals surface area contributed by atoms with Crippen molar-refractivity contribution in [2.75, 3.05) is 5.73 Å². The van der Waals surface area contributed by atoms with Gasteiger partial charge in [-0.1, -0.05) is 36.4 Å². The van der Waals surface area contributed by atoms with Crippen LogP contribution in [-0.2, 0) is 17.8 Å². The number of halogens is 2. The molecule has 0 amide bonds. The number of para-hydroxylation sites is 1. The number of nitrogens with two attached hydrogens (primary N) is 1. The van der Waals surface area contributed by atoms with E-state index in [4.69, 9.17) is 15.6 Å². The summed E-state index contributed by atoms with van der Waals surface area (Å²) in [6, 6.07) is 20.3. The van der Waals surface area contributed by atoms with Crippen LogP contribution in [0.5, 0.6) is 5.75 Å². The minimum atomic E-state index is -2.71. The van der Waals surface area contributed by atoms with E-state index in [9.17, 15) is 18.7 Å². The van der Waals surface area contributed by atoms with E-state index >= 15 is 0 Å². The highest BCUT2D eigenvalue weighted by Gasteiger charge is 2.41. The molecule has 5 aromatic rings. The summed E-state index contributed by atoms with van der Waals surface area (Å²) in [5.74, 6) is -2.78. The molecule has 1 atom stereocenters. The van der Waals surface area contributed by atoms with Gasteiger partial charge in [0.25, 0.3) is 0 Å². The van der Waals surface area contributed by atoms with Gasteiger partial charge in [0.15, 0.2) is 0 Å². The van der Waals surface area contributed by atoms with E-state index in [1.807, 2.05) is 42.5 Å². The van der Waals surface area contributed by atoms with Gasteiger partial charge in [0.05, 0.1) is 18.0 Å². The molecule has 0 radical (unpaired) electrons. The first kappa shape index (κ1) is 24.8. The highest BCUT2D eigenvalue weighted by Crippen LogP contribution is 2.43. The lowest BCUT2D eigenvalue weighted by Crippen LogP contribution is -2.13. The molecule has 1 saturated carbocycles. The lowest BCUT2D eigenvalue weighted by Gasteiger charge is -2.13. The summed E-state index contributed by atoms with van der Waals surface area (Å²) in [5.41, 5.74) is 9.85. The molecule has 0 spiro atoms. The van der Waals surface area contributed by atoms with E-state index in [0.717, 1.165) is 32.8 Å². The molecule has 0 bridgehead atoms. The average Bonchev–Trinajstić information content (AvgIpc) is 3.47. The van der Waals surface area contributed by atoms with Gasteiger partial charge in [0.2, 0.25) is 5.92 Å². The van der Waals surface area contributed by atoms with E-state index in [-0.39, 0.29) is 25.9 Å². The molecule has 1 aliphatic rings. The Bertz CT molecular complexity index is 1720. The zero-order valence-corrected chi connectivity index (χ0v) is 21.0. The van der Waals surface area contributed by atoms with Crippen molar-refractivity contribution < 1.29 is 23.4 Å². The fourth-order valence-corrected chi connectivity index (χ4v) is 5.37. The molecule has 1 fully saturated rings. The fourth-order valence-electron chi connectivity index (χ4n) is 5.37. The molecule has 3 N–H and O–H groups in total. The lowest BCUT2D eigenvalue weighted by molar-refractivity contribution is -0.136. The van der Waals surface area contributed by atoms with Crippen molar-refractivity contribution in [1.29, 1.82) is 0 Å². The van der Waals surface area contributed by atoms with E-state index in [1.165, 1.54) is 0 Å². The number of nitrogen functional groups attached to an aromatic ring is 1. The molecular weight excluding hydrogens is 502 g/mol. The number of fused-ring (bicyclic) bond motifs is 2. The van der Waals surface area contributed by atoms with Crippen molar-refractivity contribution >= 4 is 33.5 Å². The van der Waals surface area contributed by atoms with Gasteiger partial charge in [-0.2, -0.15) is 5.10 Å². The van der Waals surface area contributed by atoms with Crippen LogP contribution in [0.4, 0.5) is 14.6 Å². The van der Waals surface area contributed by atoms with Gasteiger partial charge in [-0.25, -0.2) is 13.8 Å². The zero-order chi connectivity index (χ0) is 27.1. The molecular formula is C30H26F2N4O3. The largest absolute Gasteiger partial charge is 0.487 e. The van der Waals surface area contributed by atoms with Crippen molar-refractivity contribution in [3.8, 4) is 16.9 Å². The van der Waals surface area contributed by atoms with Gasteiger partial charge >= 0.3 is 5.97 Å². The van der Waals surface area contributed by atoms with E-state index in [2.05, 4.69) is 4.98 Å². The first-order valence-corrected chi connectivity index (χ1v) is 12.7. The predicted octanol–water partition coefficient (Wildman–Crippen LogP) is 6.40. The Morgan fingerprint density at radius 1 is 1.08 bits per heavy atom. The van der Waals surface area contributed by atoms with Crippen molar-refractivity contribution in [1.82, 2.24) is 14.8 Å². The summed E-state index contributed by atoms with van der Waals surface area (Å²) < 4.78 is 36.0. The summed E-state index contributed by atoms with van der Waals surface area (Å²) >= 11 is 0. The molecule has 2 aromatic heterocycles. The van der Waals surface area contributed by atoms with Crippen LogP contribution in [0.2, 0.25) is 0 Å². The van der Waals surface area contributed by atoms with Crippen LogP contribution in [-0.4, -0.2) is 31.8 Å². The number of carbonyl (C=O) groups is 1. The number of aromatic nitrogens is 3. The predicted molar refractivity (Wildman–Crippen MR) is 145 cm³/mol. The molecule has 39 heavy (non-hydrogen) atoms. The summed E-state index contributed by atoms with van der Waals surface area (Å²) in [5, 5.41) is 16.6. The second kappa shape index (κ2) is 9.65. The minimum absolute atomic E-state index is 0.0568. The maximum atomic E-state index is 14.1. The van der Waals surface area contributed by atoms with Gasteiger partial charge < -0.3 is 15.6 Å². The third kappa shape index (κ3) is 4.87. The molecule has 6 rings (SSSR count). The van der Waals surface area contributed by atoms with Crippen LogP contribution in [0, 0.1) is 0 Å². The number of alkyl halides is 2. The van der Waals surface area contributed by atoms with E-state index in [1.54, 1.807) is 35.1 Å². The number of anilines is 1. The molecule has 1 unspecified atom stereocenters. The number of nitrogens with zero attached hydrogens (tertiary/aromatic N) is 3. The van der Waals surface area contributed by atoms with Crippen molar-refractivity contribution in [2.24, 2.45) is 0 Å². The lowest BCUT2D eigenvalue weighted by atomic mass is 10.00. The quantitative estimate of drug-likeness (QED) is 0.253. The Morgan fingerprint density at radius 2 is 1.85 bits per heavy atom. The number of carboxylic acid groups (broad SMARTS) is 1. The summed E-state index contributed by atoms with van der Waals surface area (Å²) in [6.45, 7) is 0.0568. The van der Waals surface area contributed by atoms with Gasteiger partial charge in [0.1, 0.15) is 23.9 Å². The van der Waals surface area contributed by atoms with Gasteiger partial charge in [-0.3, -0.25) is 9.48 Å². The Morgan fingerprint density at radius 3 is 2.62 bits per heavy atom. The Balaban J connectivity index is 1.41. The number of aliphatic carboxylic acids is 1. The summed E-state index contributed by atoms with van der Waals surface area (Å²) in [6.07, 6.45) is 1.41. The van der Waals surface area contributed by atoms with E-state index < -0.39 is 17.9 Å². The topological polar surface area (TPSA) is 103 Å². The zero-order valence-electron chi connectivity index (χ0n) is 21.0. The molecule has 7 nitrogen and oxygen atoms in total. The van der Waals surface area contributed by atoms with Gasteiger partial charge in [-0.15, -0.1) is 0 Å². The maximum Gasteiger partial charge on any atom is 0.307 e. The van der Waals surface area contributed by atoms with Crippen LogP contribution in [0.3, 0.4) is 0 Å². The summed E-state index contributed by atoms with van der Waals surface area (Å²) in [4.78, 5) is 15.5. The Hall–Kier alpha value is -4.53. The molecule has 9 heteroatoms. The Labute approximate surface area is 222 Å². The maximum absolute atomic E-state index is 14.1. The SMILES string of the molecule is Nc1nccc2ccc(-c3ccc4c(c3)c(COc3ccccc3CC(=O)O)nn4C3CCC(F)(F)C3)cc12. The molecule has 3 aromatic carbocycles. The first-order valence-electron chi connectivity index (χ1n) is 12.7. The Kier molecular flexibility index (Phi) is 6.13. The number of pyridine rings is 1. The van der Waals surface area contributed by atoms with Crippen molar-refractivity contribution in [3.63, 3.8) is 0 Å². The number of rotatable bonds is 7. The van der Waals surface area contributed by atoms with Crippen LogP contribution in [0.1, 0.15) is 36.6 Å². The number of ether oxygens (including phenoxy) is 1. The normalized spacial score (nSPS) is 16.6. The molecule has 1 aliphatic carbocycles. The smallest absolute Gasteiger partial charge is 0.307 e. The first-order chi connectivity index (χ1) is 18.8. The number of benzene rings is 3. The highest BCUT2D eigenvalue weighted by molar-refractivity contribution is 5.95. The van der Waals surface area contributed by atoms with Crippen molar-refractivity contribution in [3.05, 3.63) is 84.2 Å². The van der Waals surface area contributed by atoms with E-state index in [0.29, 0.717) is 29.2 Å². The van der Waals surface area contributed by atoms with Gasteiger partial charge in [-0.05, 0) is 53.3 Å². The van der Waals surface area contributed by atoms with Crippen molar-refractivity contribution in [2.45, 2.75) is 44.3 Å². The average molecular weight is 529 g/mol. The van der Waals surface area contributed by atoms with Crippen LogP contribution in [0.15, 0.2) is 72.9 Å². The number of hydrogen-bond donors (Lipinski definition) is 2. The monoisotopic (exact) mass is 528 g/mol. The molecule has 0 aliphatic heterocycles. The van der Waals surface area contributed by atoms with Gasteiger partial charge in [0, 0.05) is 35.4 Å². The number of carboxylic acids is 1.